The number of hydrogen-bond donors (Lipinski definition) is 0. The lowest BCUT2D eigenvalue weighted by atomic mass is 9.86. The van der Waals surface area contributed by atoms with Crippen molar-refractivity contribution in [2.45, 2.75) is 24.9 Å². The van der Waals surface area contributed by atoms with Crippen LogP contribution in [0, 0.1) is 5.82 Å². The van der Waals surface area contributed by atoms with E-state index < -0.39 is 5.60 Å². The zero-order valence-electron chi connectivity index (χ0n) is 10.7. The molecule has 1 aliphatic heterocycles. The van der Waals surface area contributed by atoms with Crippen LogP contribution in [0.4, 0.5) is 4.39 Å². The van der Waals surface area contributed by atoms with Crippen molar-refractivity contribution in [3.8, 4) is 0 Å². The molecule has 1 fully saturated rings. The van der Waals surface area contributed by atoms with E-state index in [2.05, 4.69) is 15.9 Å². The fraction of sp³-hybridized carbons (Fsp3) is 0.500. The maximum Gasteiger partial charge on any atom is 0.169 e. The van der Waals surface area contributed by atoms with E-state index in [0.29, 0.717) is 31.6 Å². The summed E-state index contributed by atoms with van der Waals surface area (Å²) in [4.78, 5) is 12.5. The van der Waals surface area contributed by atoms with Gasteiger partial charge in [-0.05, 0) is 23.8 Å². The van der Waals surface area contributed by atoms with Crippen LogP contribution in [0.3, 0.4) is 0 Å². The first-order valence-corrected chi connectivity index (χ1v) is 6.97. The molecule has 0 unspecified atom stereocenters. The summed E-state index contributed by atoms with van der Waals surface area (Å²) >= 11 is 3.34. The summed E-state index contributed by atoms with van der Waals surface area (Å²) in [7, 11) is 1.55. The standard InChI is InChI=1S/C14H16BrFO3/c1-18-14(4-6-19-7-5-14)13(17)9-10-8-11(16)2-3-12(10)15/h2-3,8H,4-7,9H2,1H3. The van der Waals surface area contributed by atoms with Crippen LogP contribution in [0.15, 0.2) is 22.7 Å². The average Bonchev–Trinajstić information content (AvgIpc) is 2.43. The third-order valence-corrected chi connectivity index (χ3v) is 4.33. The number of benzene rings is 1. The van der Waals surface area contributed by atoms with Crippen molar-refractivity contribution in [2.24, 2.45) is 0 Å². The van der Waals surface area contributed by atoms with E-state index in [1.165, 1.54) is 12.1 Å². The normalized spacial score (nSPS) is 18.3. The Kier molecular flexibility index (Phi) is 4.71. The number of methoxy groups -OCH3 is 1. The van der Waals surface area contributed by atoms with E-state index in [-0.39, 0.29) is 18.0 Å². The molecule has 3 nitrogen and oxygen atoms in total. The fourth-order valence-corrected chi connectivity index (χ4v) is 2.70. The minimum absolute atomic E-state index is 0.0235. The van der Waals surface area contributed by atoms with Crippen LogP contribution in [-0.2, 0) is 20.7 Å². The molecule has 0 saturated carbocycles. The fourth-order valence-electron chi connectivity index (χ4n) is 2.31. The molecule has 0 amide bonds. The number of ether oxygens (including phenoxy) is 2. The summed E-state index contributed by atoms with van der Waals surface area (Å²) < 4.78 is 24.7. The number of rotatable bonds is 4. The summed E-state index contributed by atoms with van der Waals surface area (Å²) in [5, 5.41) is 0. The lowest BCUT2D eigenvalue weighted by Crippen LogP contribution is -2.46. The van der Waals surface area contributed by atoms with Crippen LogP contribution in [0.2, 0.25) is 0 Å². The molecule has 104 valence electrons. The Morgan fingerprint density at radius 1 is 1.47 bits per heavy atom. The van der Waals surface area contributed by atoms with Gasteiger partial charge in [-0.1, -0.05) is 15.9 Å². The summed E-state index contributed by atoms with van der Waals surface area (Å²) in [5.74, 6) is -0.367. The monoisotopic (exact) mass is 330 g/mol. The lowest BCUT2D eigenvalue weighted by Gasteiger charge is -2.34. The SMILES string of the molecule is COC1(C(=O)Cc2cc(F)ccc2Br)CCOCC1. The van der Waals surface area contributed by atoms with Crippen LogP contribution >= 0.6 is 15.9 Å². The van der Waals surface area contributed by atoms with Crippen LogP contribution in [0.25, 0.3) is 0 Å². The number of ketones is 1. The largest absolute Gasteiger partial charge is 0.381 e. The van der Waals surface area contributed by atoms with E-state index in [0.717, 1.165) is 4.47 Å². The molecule has 1 aromatic rings. The highest BCUT2D eigenvalue weighted by Gasteiger charge is 2.39. The van der Waals surface area contributed by atoms with Gasteiger partial charge in [0.15, 0.2) is 5.78 Å². The second kappa shape index (κ2) is 6.11. The highest BCUT2D eigenvalue weighted by Crippen LogP contribution is 2.28. The van der Waals surface area contributed by atoms with E-state index >= 15 is 0 Å². The molecule has 1 saturated heterocycles. The first-order chi connectivity index (χ1) is 9.07. The molecule has 0 N–H and O–H groups in total. The van der Waals surface area contributed by atoms with Gasteiger partial charge in [0.05, 0.1) is 0 Å². The Morgan fingerprint density at radius 2 is 2.16 bits per heavy atom. The molecule has 0 spiro atoms. The van der Waals surface area contributed by atoms with Crippen molar-refractivity contribution in [3.63, 3.8) is 0 Å². The van der Waals surface area contributed by atoms with Crippen LogP contribution in [0.1, 0.15) is 18.4 Å². The van der Waals surface area contributed by atoms with Crippen molar-refractivity contribution in [1.82, 2.24) is 0 Å². The molecule has 2 rings (SSSR count). The van der Waals surface area contributed by atoms with Gasteiger partial charge in [-0.2, -0.15) is 0 Å². The van der Waals surface area contributed by atoms with Crippen molar-refractivity contribution < 1.29 is 18.7 Å². The number of carbonyl (C=O) groups is 1. The van der Waals surface area contributed by atoms with Gasteiger partial charge in [-0.15, -0.1) is 0 Å². The third-order valence-electron chi connectivity index (χ3n) is 3.56. The zero-order valence-corrected chi connectivity index (χ0v) is 12.3. The minimum atomic E-state index is -0.788. The lowest BCUT2D eigenvalue weighted by molar-refractivity contribution is -0.151. The minimum Gasteiger partial charge on any atom is -0.381 e. The molecule has 0 radical (unpaired) electrons. The first-order valence-electron chi connectivity index (χ1n) is 6.17. The zero-order chi connectivity index (χ0) is 13.9. The van der Waals surface area contributed by atoms with Gasteiger partial charge in [-0.3, -0.25) is 4.79 Å². The van der Waals surface area contributed by atoms with E-state index in [4.69, 9.17) is 9.47 Å². The van der Waals surface area contributed by atoms with Crippen molar-refractivity contribution in [1.29, 1.82) is 0 Å². The second-order valence-corrected chi connectivity index (χ2v) is 5.50. The molecule has 5 heteroatoms. The third kappa shape index (κ3) is 3.22. The van der Waals surface area contributed by atoms with Crippen LogP contribution in [-0.4, -0.2) is 31.7 Å². The maximum absolute atomic E-state index is 13.2. The second-order valence-electron chi connectivity index (χ2n) is 4.65. The smallest absolute Gasteiger partial charge is 0.169 e. The van der Waals surface area contributed by atoms with Crippen molar-refractivity contribution >= 4 is 21.7 Å². The van der Waals surface area contributed by atoms with Gasteiger partial charge in [0.1, 0.15) is 11.4 Å². The summed E-state index contributed by atoms with van der Waals surface area (Å²) in [6.07, 6.45) is 1.26. The number of carbonyl (C=O) groups excluding carboxylic acids is 1. The van der Waals surface area contributed by atoms with Gasteiger partial charge in [0.2, 0.25) is 0 Å². The highest BCUT2D eigenvalue weighted by molar-refractivity contribution is 9.10. The molecule has 0 aromatic heterocycles. The van der Waals surface area contributed by atoms with Gasteiger partial charge in [-0.25, -0.2) is 4.39 Å². The topological polar surface area (TPSA) is 35.5 Å². The Balaban J connectivity index is 2.17. The maximum atomic E-state index is 13.2. The molecule has 0 aliphatic carbocycles. The summed E-state index contributed by atoms with van der Waals surface area (Å²) in [5.41, 5.74) is -0.141. The van der Waals surface area contributed by atoms with Crippen LogP contribution in [0.5, 0.6) is 0 Å². The van der Waals surface area contributed by atoms with Gasteiger partial charge in [0.25, 0.3) is 0 Å². The number of halogens is 2. The molecule has 0 atom stereocenters. The van der Waals surface area contributed by atoms with Gasteiger partial charge < -0.3 is 9.47 Å². The predicted molar refractivity (Wildman–Crippen MR) is 72.6 cm³/mol. The first kappa shape index (κ1) is 14.6. The highest BCUT2D eigenvalue weighted by atomic mass is 79.9. The predicted octanol–water partition coefficient (Wildman–Crippen LogP) is 2.90. The summed E-state index contributed by atoms with van der Waals surface area (Å²) in [6, 6.07) is 4.35. The summed E-state index contributed by atoms with van der Waals surface area (Å²) in [6.45, 7) is 1.04. The number of Topliss-reactive ketones (excluding diaryl/α,β-unsaturated/α-hetero) is 1. The molecular formula is C14H16BrFO3. The van der Waals surface area contributed by atoms with Crippen molar-refractivity contribution in [3.05, 3.63) is 34.1 Å². The molecular weight excluding hydrogens is 315 g/mol. The Hall–Kier alpha value is -0.780. The van der Waals surface area contributed by atoms with E-state index in [1.807, 2.05) is 0 Å². The molecule has 0 bridgehead atoms. The van der Waals surface area contributed by atoms with E-state index in [1.54, 1.807) is 13.2 Å². The molecule has 1 aliphatic rings. The molecule has 1 heterocycles. The van der Waals surface area contributed by atoms with Gasteiger partial charge >= 0.3 is 0 Å². The van der Waals surface area contributed by atoms with Crippen LogP contribution < -0.4 is 0 Å². The van der Waals surface area contributed by atoms with Crippen molar-refractivity contribution in [2.75, 3.05) is 20.3 Å². The Morgan fingerprint density at radius 3 is 2.79 bits per heavy atom. The quantitative estimate of drug-likeness (QED) is 0.851. The van der Waals surface area contributed by atoms with Gasteiger partial charge in [0, 0.05) is 44.1 Å². The molecule has 19 heavy (non-hydrogen) atoms. The van der Waals surface area contributed by atoms with E-state index in [9.17, 15) is 9.18 Å². The Bertz CT molecular complexity index is 470. The molecule has 1 aromatic carbocycles. The average molecular weight is 331 g/mol. The Labute approximate surface area is 120 Å². The number of hydrogen-bond acceptors (Lipinski definition) is 3.